The van der Waals surface area contributed by atoms with Gasteiger partial charge in [0.05, 0.1) is 24.5 Å². The number of rotatable bonds is 6. The molecule has 0 aromatic carbocycles. The zero-order valence-corrected chi connectivity index (χ0v) is 14.9. The largest absolute Gasteiger partial charge is 0.376 e. The normalized spacial score (nSPS) is 20.4. The van der Waals surface area contributed by atoms with Crippen LogP contribution in [0.3, 0.4) is 0 Å². The number of carbonyl (C=O) groups excluding carboxylic acids is 1. The molecule has 134 valence electrons. The number of amides is 1. The molecule has 1 amide bonds. The van der Waals surface area contributed by atoms with E-state index >= 15 is 0 Å². The van der Waals surface area contributed by atoms with Gasteiger partial charge in [0.25, 0.3) is 5.91 Å². The molecule has 1 saturated carbocycles. The van der Waals surface area contributed by atoms with Gasteiger partial charge in [-0.25, -0.2) is 0 Å². The van der Waals surface area contributed by atoms with Crippen LogP contribution in [0.4, 0.5) is 0 Å². The molecule has 6 heteroatoms. The van der Waals surface area contributed by atoms with Crippen LogP contribution in [0.5, 0.6) is 0 Å². The maximum absolute atomic E-state index is 12.3. The SMILES string of the molecule is C[C@@H]1CCCC[C@H]1OCCNC(=O)c1cncc(-c2cnn(C)c2)c1. The van der Waals surface area contributed by atoms with Crippen LogP contribution in [0, 0.1) is 5.92 Å². The Morgan fingerprint density at radius 3 is 2.88 bits per heavy atom. The summed E-state index contributed by atoms with van der Waals surface area (Å²) in [6.45, 7) is 3.31. The minimum absolute atomic E-state index is 0.126. The van der Waals surface area contributed by atoms with Gasteiger partial charge in [-0.3, -0.25) is 14.5 Å². The van der Waals surface area contributed by atoms with Gasteiger partial charge in [0.1, 0.15) is 0 Å². The maximum atomic E-state index is 12.3. The summed E-state index contributed by atoms with van der Waals surface area (Å²) in [5.74, 6) is 0.489. The topological polar surface area (TPSA) is 69.0 Å². The van der Waals surface area contributed by atoms with Crippen molar-refractivity contribution in [3.8, 4) is 11.1 Å². The Kier molecular flexibility index (Phi) is 5.81. The number of aromatic nitrogens is 3. The first-order valence-electron chi connectivity index (χ1n) is 8.97. The fourth-order valence-electron chi connectivity index (χ4n) is 3.30. The second-order valence-corrected chi connectivity index (χ2v) is 6.79. The molecule has 0 bridgehead atoms. The fraction of sp³-hybridized carbons (Fsp3) is 0.526. The van der Waals surface area contributed by atoms with Crippen molar-refractivity contribution in [2.75, 3.05) is 13.2 Å². The van der Waals surface area contributed by atoms with Gasteiger partial charge >= 0.3 is 0 Å². The molecular weight excluding hydrogens is 316 g/mol. The summed E-state index contributed by atoms with van der Waals surface area (Å²) in [5, 5.41) is 7.06. The number of hydrogen-bond donors (Lipinski definition) is 1. The highest BCUT2D eigenvalue weighted by atomic mass is 16.5. The summed E-state index contributed by atoms with van der Waals surface area (Å²) >= 11 is 0. The average molecular weight is 342 g/mol. The summed E-state index contributed by atoms with van der Waals surface area (Å²) in [5.41, 5.74) is 2.37. The number of nitrogens with one attached hydrogen (secondary N) is 1. The smallest absolute Gasteiger partial charge is 0.252 e. The molecule has 25 heavy (non-hydrogen) atoms. The molecule has 0 saturated heterocycles. The molecule has 2 aromatic heterocycles. The first kappa shape index (κ1) is 17.6. The highest BCUT2D eigenvalue weighted by Gasteiger charge is 2.21. The van der Waals surface area contributed by atoms with Gasteiger partial charge in [0.15, 0.2) is 0 Å². The van der Waals surface area contributed by atoms with E-state index in [1.807, 2.05) is 19.3 Å². The lowest BCUT2D eigenvalue weighted by Crippen LogP contribution is -2.31. The Hall–Kier alpha value is -2.21. The van der Waals surface area contributed by atoms with Crippen LogP contribution in [-0.2, 0) is 11.8 Å². The number of carbonyl (C=O) groups is 1. The number of hydrogen-bond acceptors (Lipinski definition) is 4. The molecule has 0 spiro atoms. The van der Waals surface area contributed by atoms with Gasteiger partial charge in [0, 0.05) is 43.3 Å². The van der Waals surface area contributed by atoms with E-state index < -0.39 is 0 Å². The number of nitrogens with zero attached hydrogens (tertiary/aromatic N) is 3. The lowest BCUT2D eigenvalue weighted by Gasteiger charge is -2.28. The van der Waals surface area contributed by atoms with Crippen molar-refractivity contribution < 1.29 is 9.53 Å². The number of ether oxygens (including phenoxy) is 1. The van der Waals surface area contributed by atoms with Gasteiger partial charge in [-0.1, -0.05) is 19.8 Å². The van der Waals surface area contributed by atoms with Crippen LogP contribution in [0.1, 0.15) is 43.0 Å². The Labute approximate surface area is 148 Å². The Morgan fingerprint density at radius 2 is 2.12 bits per heavy atom. The van der Waals surface area contributed by atoms with Crippen molar-refractivity contribution in [1.82, 2.24) is 20.1 Å². The molecular formula is C19H26N4O2. The monoisotopic (exact) mass is 342 g/mol. The average Bonchev–Trinajstić information content (AvgIpc) is 3.06. The van der Waals surface area contributed by atoms with Gasteiger partial charge in [0.2, 0.25) is 0 Å². The van der Waals surface area contributed by atoms with E-state index in [1.165, 1.54) is 19.3 Å². The van der Waals surface area contributed by atoms with E-state index in [4.69, 9.17) is 4.74 Å². The molecule has 2 heterocycles. The standard InChI is InChI=1S/C19H26N4O2/c1-14-5-3-4-6-18(14)25-8-7-21-19(24)16-9-15(10-20-11-16)17-12-22-23(2)13-17/h9-14,18H,3-8H2,1-2H3,(H,21,24)/t14-,18-/m1/s1. The summed E-state index contributed by atoms with van der Waals surface area (Å²) in [6, 6.07) is 1.84. The van der Waals surface area contributed by atoms with Crippen LogP contribution in [-0.4, -0.2) is 39.9 Å². The first-order chi connectivity index (χ1) is 12.1. The molecule has 2 atom stereocenters. The molecule has 2 aromatic rings. The highest BCUT2D eigenvalue weighted by molar-refractivity contribution is 5.95. The highest BCUT2D eigenvalue weighted by Crippen LogP contribution is 2.26. The zero-order valence-electron chi connectivity index (χ0n) is 14.9. The maximum Gasteiger partial charge on any atom is 0.252 e. The molecule has 1 fully saturated rings. The van der Waals surface area contributed by atoms with Crippen molar-refractivity contribution >= 4 is 5.91 Å². The van der Waals surface area contributed by atoms with Crippen LogP contribution < -0.4 is 5.32 Å². The van der Waals surface area contributed by atoms with Gasteiger partial charge in [-0.15, -0.1) is 0 Å². The van der Waals surface area contributed by atoms with E-state index in [1.54, 1.807) is 23.3 Å². The molecule has 1 N–H and O–H groups in total. The molecule has 1 aliphatic carbocycles. The molecule has 6 nitrogen and oxygen atoms in total. The second kappa shape index (κ2) is 8.25. The molecule has 0 aliphatic heterocycles. The summed E-state index contributed by atoms with van der Waals surface area (Å²) in [7, 11) is 1.86. The minimum atomic E-state index is -0.126. The Bertz CT molecular complexity index is 713. The predicted octanol–water partition coefficient (Wildman–Crippen LogP) is 2.81. The van der Waals surface area contributed by atoms with Crippen molar-refractivity contribution in [1.29, 1.82) is 0 Å². The van der Waals surface area contributed by atoms with Crippen molar-refractivity contribution in [2.24, 2.45) is 13.0 Å². The van der Waals surface area contributed by atoms with Crippen molar-refractivity contribution in [3.63, 3.8) is 0 Å². The molecule has 1 aliphatic rings. The predicted molar refractivity (Wildman–Crippen MR) is 96.1 cm³/mol. The quantitative estimate of drug-likeness (QED) is 0.820. The van der Waals surface area contributed by atoms with Gasteiger partial charge in [-0.05, 0) is 24.8 Å². The summed E-state index contributed by atoms with van der Waals surface area (Å²) in [6.07, 6.45) is 12.2. The third kappa shape index (κ3) is 4.66. The second-order valence-electron chi connectivity index (χ2n) is 6.79. The van der Waals surface area contributed by atoms with Crippen LogP contribution in [0.15, 0.2) is 30.9 Å². The Morgan fingerprint density at radius 1 is 1.28 bits per heavy atom. The van der Waals surface area contributed by atoms with E-state index in [9.17, 15) is 4.79 Å². The molecule has 3 rings (SSSR count). The van der Waals surface area contributed by atoms with Crippen molar-refractivity contribution in [3.05, 3.63) is 36.4 Å². The lowest BCUT2D eigenvalue weighted by molar-refractivity contribution is -0.00293. The molecule has 0 radical (unpaired) electrons. The zero-order chi connectivity index (χ0) is 17.6. The third-order valence-corrected chi connectivity index (χ3v) is 4.79. The van der Waals surface area contributed by atoms with Gasteiger partial charge in [-0.2, -0.15) is 5.10 Å². The van der Waals surface area contributed by atoms with Crippen LogP contribution >= 0.6 is 0 Å². The van der Waals surface area contributed by atoms with Crippen molar-refractivity contribution in [2.45, 2.75) is 38.7 Å². The van der Waals surface area contributed by atoms with E-state index in [0.717, 1.165) is 17.5 Å². The van der Waals surface area contributed by atoms with Crippen LogP contribution in [0.2, 0.25) is 0 Å². The van der Waals surface area contributed by atoms with E-state index in [0.29, 0.717) is 30.7 Å². The fourth-order valence-corrected chi connectivity index (χ4v) is 3.30. The lowest BCUT2D eigenvalue weighted by atomic mass is 9.88. The summed E-state index contributed by atoms with van der Waals surface area (Å²) in [4.78, 5) is 16.5. The van der Waals surface area contributed by atoms with E-state index in [-0.39, 0.29) is 5.91 Å². The first-order valence-corrected chi connectivity index (χ1v) is 8.97. The number of pyridine rings is 1. The van der Waals surface area contributed by atoms with Crippen LogP contribution in [0.25, 0.3) is 11.1 Å². The minimum Gasteiger partial charge on any atom is -0.376 e. The van der Waals surface area contributed by atoms with Gasteiger partial charge < -0.3 is 10.1 Å². The third-order valence-electron chi connectivity index (χ3n) is 4.79. The van der Waals surface area contributed by atoms with E-state index in [2.05, 4.69) is 22.3 Å². The Balaban J connectivity index is 1.50. The number of aryl methyl sites for hydroxylation is 1. The summed E-state index contributed by atoms with van der Waals surface area (Å²) < 4.78 is 7.66. The molecule has 0 unspecified atom stereocenters.